The van der Waals surface area contributed by atoms with Gasteiger partial charge in [0.1, 0.15) is 18.2 Å². The number of nitrogens with two attached hydrogens (primary N) is 1. The smallest absolute Gasteiger partial charge is 0.342 e. The topological polar surface area (TPSA) is 222 Å². The number of ether oxygens (including phenoxy) is 3. The van der Waals surface area contributed by atoms with Crippen molar-refractivity contribution >= 4 is 36.7 Å². The molecule has 1 saturated heterocycles. The summed E-state index contributed by atoms with van der Waals surface area (Å²) in [7, 11) is -4.68. The van der Waals surface area contributed by atoms with E-state index in [-0.39, 0.29) is 17.1 Å². The number of aliphatic hydroxyl groups is 1. The molecule has 0 aromatic carbocycles. The number of aromatic amines is 1. The van der Waals surface area contributed by atoms with E-state index in [1.807, 2.05) is 0 Å². The van der Waals surface area contributed by atoms with Gasteiger partial charge in [0.05, 0.1) is 25.1 Å². The molecule has 3 rings (SSSR count). The zero-order chi connectivity index (χ0) is 32.4. The third-order valence-corrected chi connectivity index (χ3v) is 8.07. The number of imidazole rings is 1. The number of aliphatic hydroxyl groups excluding tert-OH is 1. The number of halogens is 3. The van der Waals surface area contributed by atoms with Crippen LogP contribution in [-0.2, 0) is 32.9 Å². The molecule has 6 atom stereocenters. The van der Waals surface area contributed by atoms with Gasteiger partial charge in [-0.1, -0.05) is 0 Å². The molecule has 0 aliphatic carbocycles. The molecule has 0 bridgehead atoms. The summed E-state index contributed by atoms with van der Waals surface area (Å²) in [6.45, 7) is 7.29. The predicted molar refractivity (Wildman–Crippen MR) is 144 cm³/mol. The van der Waals surface area contributed by atoms with Crippen LogP contribution < -0.4 is 21.5 Å². The molecular weight excluding hydrogens is 606 g/mol. The van der Waals surface area contributed by atoms with E-state index in [2.05, 4.69) is 25.1 Å². The van der Waals surface area contributed by atoms with Gasteiger partial charge >= 0.3 is 19.6 Å². The number of hydrogen-bond donors (Lipinski definition) is 5. The molecule has 3 heterocycles. The Hall–Kier alpha value is -3.09. The summed E-state index contributed by atoms with van der Waals surface area (Å²) >= 11 is 0. The molecular formula is C23H35F3N7O9P. The first kappa shape index (κ1) is 34.4. The molecule has 0 amide bonds. The highest BCUT2D eigenvalue weighted by Gasteiger charge is 2.62. The van der Waals surface area contributed by atoms with Crippen molar-refractivity contribution in [2.45, 2.75) is 96.4 Å². The summed E-state index contributed by atoms with van der Waals surface area (Å²) in [5, 5.41) is 15.3. The van der Waals surface area contributed by atoms with Crippen molar-refractivity contribution in [2.24, 2.45) is 0 Å². The zero-order valence-corrected chi connectivity index (χ0v) is 25.0. The molecule has 20 heteroatoms. The Morgan fingerprint density at radius 1 is 1.16 bits per heavy atom. The minimum atomic E-state index is -4.68. The SMILES string of the molecule is CC(C)OC(=O)[C@H](C)NP(=O)(N[C@@H](C)C(=O)OC(C)C)OC[C@@]1(C(F)F)O[C@@H](n2cnc3c(=O)[nH]c(N)nc32)[C@H](F)[C@@H]1O. The number of alkyl halides is 3. The van der Waals surface area contributed by atoms with Crippen molar-refractivity contribution in [3.63, 3.8) is 0 Å². The van der Waals surface area contributed by atoms with Crippen molar-refractivity contribution in [1.82, 2.24) is 29.7 Å². The van der Waals surface area contributed by atoms with Crippen LogP contribution in [0.2, 0.25) is 0 Å². The lowest BCUT2D eigenvalue weighted by atomic mass is 9.97. The number of rotatable bonds is 13. The molecule has 0 unspecified atom stereocenters. The third-order valence-electron chi connectivity index (χ3n) is 6.12. The third kappa shape index (κ3) is 7.53. The predicted octanol–water partition coefficient (Wildman–Crippen LogP) is 0.918. The minimum absolute atomic E-state index is 0.312. The molecule has 0 spiro atoms. The van der Waals surface area contributed by atoms with Gasteiger partial charge in [-0.3, -0.25) is 28.5 Å². The van der Waals surface area contributed by atoms with E-state index in [4.69, 9.17) is 24.5 Å². The number of anilines is 1. The molecule has 0 saturated carbocycles. The number of H-pyrrole nitrogens is 1. The van der Waals surface area contributed by atoms with Gasteiger partial charge in [-0.2, -0.15) is 4.98 Å². The number of esters is 2. The van der Waals surface area contributed by atoms with Crippen LogP contribution in [0, 0.1) is 0 Å². The summed E-state index contributed by atoms with van der Waals surface area (Å²) < 4.78 is 80.1. The number of nitrogens with zero attached hydrogens (tertiary/aromatic N) is 3. The number of nitrogens with one attached hydrogen (secondary N) is 3. The first-order valence-electron chi connectivity index (χ1n) is 13.1. The second kappa shape index (κ2) is 13.3. The van der Waals surface area contributed by atoms with Crippen LogP contribution in [0.4, 0.5) is 19.1 Å². The maximum absolute atomic E-state index is 15.4. The van der Waals surface area contributed by atoms with Crippen molar-refractivity contribution in [3.05, 3.63) is 16.7 Å². The minimum Gasteiger partial charge on any atom is -0.462 e. The second-order valence-electron chi connectivity index (χ2n) is 10.4. The molecule has 2 aromatic rings. The van der Waals surface area contributed by atoms with Crippen LogP contribution >= 0.6 is 7.67 Å². The molecule has 2 aromatic heterocycles. The van der Waals surface area contributed by atoms with E-state index in [0.717, 1.165) is 10.9 Å². The lowest BCUT2D eigenvalue weighted by Crippen LogP contribution is -2.53. The maximum atomic E-state index is 15.4. The molecule has 1 aliphatic heterocycles. The van der Waals surface area contributed by atoms with Gasteiger partial charge in [0.2, 0.25) is 5.95 Å². The highest BCUT2D eigenvalue weighted by Crippen LogP contribution is 2.47. The lowest BCUT2D eigenvalue weighted by molar-refractivity contribution is -0.191. The normalized spacial score (nSPS) is 24.2. The molecule has 0 radical (unpaired) electrons. The maximum Gasteiger partial charge on any atom is 0.342 e. The Morgan fingerprint density at radius 3 is 2.19 bits per heavy atom. The van der Waals surface area contributed by atoms with Crippen LogP contribution in [0.25, 0.3) is 11.2 Å². The molecule has 16 nitrogen and oxygen atoms in total. The van der Waals surface area contributed by atoms with E-state index >= 15 is 4.39 Å². The van der Waals surface area contributed by atoms with Gasteiger partial charge in [-0.15, -0.1) is 0 Å². The summed E-state index contributed by atoms with van der Waals surface area (Å²) in [4.78, 5) is 46.7. The zero-order valence-electron chi connectivity index (χ0n) is 24.1. The van der Waals surface area contributed by atoms with Crippen LogP contribution in [0.3, 0.4) is 0 Å². The summed E-state index contributed by atoms with van der Waals surface area (Å²) in [5.41, 5.74) is 0.965. The van der Waals surface area contributed by atoms with E-state index < -0.39 is 86.6 Å². The Labute approximate surface area is 243 Å². The highest BCUT2D eigenvalue weighted by molar-refractivity contribution is 7.54. The molecule has 242 valence electrons. The van der Waals surface area contributed by atoms with Gasteiger partial charge in [0.15, 0.2) is 29.2 Å². The first-order valence-corrected chi connectivity index (χ1v) is 14.7. The summed E-state index contributed by atoms with van der Waals surface area (Å²) in [5.74, 6) is -2.17. The molecule has 6 N–H and O–H groups in total. The average molecular weight is 642 g/mol. The fourth-order valence-electron chi connectivity index (χ4n) is 4.08. The van der Waals surface area contributed by atoms with Gasteiger partial charge in [-0.25, -0.2) is 28.3 Å². The number of carbonyl (C=O) groups excluding carboxylic acids is 2. The van der Waals surface area contributed by atoms with Crippen LogP contribution in [-0.4, -0.2) is 91.8 Å². The van der Waals surface area contributed by atoms with Crippen molar-refractivity contribution in [1.29, 1.82) is 0 Å². The van der Waals surface area contributed by atoms with Gasteiger partial charge in [-0.05, 0) is 41.5 Å². The lowest BCUT2D eigenvalue weighted by Gasteiger charge is -2.33. The fourth-order valence-corrected chi connectivity index (χ4v) is 5.91. The number of fused-ring (bicyclic) bond motifs is 1. The number of nitrogen functional groups attached to an aromatic ring is 1. The highest BCUT2D eigenvalue weighted by atomic mass is 31.2. The van der Waals surface area contributed by atoms with E-state index in [1.54, 1.807) is 27.7 Å². The van der Waals surface area contributed by atoms with Crippen LogP contribution in [0.5, 0.6) is 0 Å². The Kier molecular flexibility index (Phi) is 10.6. The first-order chi connectivity index (χ1) is 19.9. The largest absolute Gasteiger partial charge is 0.462 e. The van der Waals surface area contributed by atoms with Crippen LogP contribution in [0.15, 0.2) is 11.1 Å². The molecule has 43 heavy (non-hydrogen) atoms. The number of aromatic nitrogens is 4. The van der Waals surface area contributed by atoms with Crippen molar-refractivity contribution in [3.8, 4) is 0 Å². The quantitative estimate of drug-likeness (QED) is 0.152. The standard InChI is InChI=1S/C23H35F3N7O9P/c1-9(2)40-19(36)11(5)31-43(38,32-12(6)20(37)41-10(3)4)39-7-23(21(25)26)15(34)13(24)18(42-23)33-8-28-14-16(33)29-22(27)30-17(14)35/h8-13,15,18,21,34H,7H2,1-6H3,(H2,31,32,38)(H3,27,29,30,35)/t11-,12-,13+,15-,18+,23+/m0/s1. The molecule has 1 fully saturated rings. The summed E-state index contributed by atoms with van der Waals surface area (Å²) in [6, 6.07) is -2.72. The second-order valence-corrected chi connectivity index (χ2v) is 12.3. The average Bonchev–Trinajstić information content (AvgIpc) is 3.41. The monoisotopic (exact) mass is 641 g/mol. The number of carbonyl (C=O) groups is 2. The Bertz CT molecular complexity index is 1390. The Morgan fingerprint density at radius 2 is 1.70 bits per heavy atom. The fraction of sp³-hybridized carbons (Fsp3) is 0.696. The summed E-state index contributed by atoms with van der Waals surface area (Å²) in [6.07, 6.45) is -11.0. The van der Waals surface area contributed by atoms with Gasteiger partial charge in [0, 0.05) is 0 Å². The Balaban J connectivity index is 1.94. The van der Waals surface area contributed by atoms with Gasteiger partial charge < -0.3 is 29.6 Å². The van der Waals surface area contributed by atoms with Gasteiger partial charge in [0.25, 0.3) is 12.0 Å². The van der Waals surface area contributed by atoms with Crippen LogP contribution in [0.1, 0.15) is 47.8 Å². The van der Waals surface area contributed by atoms with E-state index in [0.29, 0.717) is 0 Å². The van der Waals surface area contributed by atoms with Crippen molar-refractivity contribution in [2.75, 3.05) is 12.3 Å². The van der Waals surface area contributed by atoms with E-state index in [9.17, 15) is 32.8 Å². The molecule has 1 aliphatic rings. The van der Waals surface area contributed by atoms with Crippen molar-refractivity contribution < 1.29 is 51.2 Å². The van der Waals surface area contributed by atoms with E-state index in [1.165, 1.54) is 13.8 Å². The number of hydrogen-bond acceptors (Lipinski definition) is 12.